The molecule has 0 spiro atoms. The first-order chi connectivity index (χ1) is 9.48. The van der Waals surface area contributed by atoms with Gasteiger partial charge in [-0.05, 0) is 63.6 Å². The highest BCUT2D eigenvalue weighted by Gasteiger charge is 2.15. The molecule has 0 amide bonds. The topological polar surface area (TPSA) is 35.8 Å². The minimum absolute atomic E-state index is 0.192. The molecule has 1 atom stereocenters. The van der Waals surface area contributed by atoms with Gasteiger partial charge >= 0.3 is 0 Å². The Hall–Kier alpha value is -0.980. The van der Waals surface area contributed by atoms with Gasteiger partial charge in [-0.25, -0.2) is 0 Å². The second-order valence-electron chi connectivity index (χ2n) is 5.80. The summed E-state index contributed by atoms with van der Waals surface area (Å²) in [5, 5.41) is 12.4. The summed E-state index contributed by atoms with van der Waals surface area (Å²) in [6.45, 7) is 9.34. The molecule has 0 aliphatic rings. The van der Waals surface area contributed by atoms with Crippen LogP contribution in [0.25, 0.3) is 0 Å². The second kappa shape index (κ2) is 8.34. The third-order valence-corrected chi connectivity index (χ3v) is 4.47. The summed E-state index contributed by atoms with van der Waals surface area (Å²) < 4.78 is 0. The molecule has 1 N–H and O–H groups in total. The van der Waals surface area contributed by atoms with Crippen LogP contribution in [0.15, 0.2) is 29.2 Å². The molecule has 0 heterocycles. The lowest BCUT2D eigenvalue weighted by molar-refractivity contribution is 0.448. The van der Waals surface area contributed by atoms with Gasteiger partial charge in [0.15, 0.2) is 0 Å². The molecule has 2 nitrogen and oxygen atoms in total. The van der Waals surface area contributed by atoms with Crippen LogP contribution in [0.3, 0.4) is 0 Å². The minimum atomic E-state index is -0.192. The molecule has 0 aliphatic carbocycles. The lowest BCUT2D eigenvalue weighted by Gasteiger charge is -2.15. The average Bonchev–Trinajstić information content (AvgIpc) is 2.44. The van der Waals surface area contributed by atoms with Crippen molar-refractivity contribution in [2.75, 3.05) is 12.3 Å². The van der Waals surface area contributed by atoms with E-state index in [0.717, 1.165) is 25.1 Å². The van der Waals surface area contributed by atoms with Gasteiger partial charge in [-0.15, -0.1) is 11.8 Å². The number of benzene rings is 1. The smallest absolute Gasteiger partial charge is 0.0683 e. The highest BCUT2D eigenvalue weighted by molar-refractivity contribution is 7.99. The molecule has 1 aromatic carbocycles. The van der Waals surface area contributed by atoms with E-state index in [9.17, 15) is 0 Å². The van der Waals surface area contributed by atoms with Crippen molar-refractivity contribution in [3.63, 3.8) is 0 Å². The summed E-state index contributed by atoms with van der Waals surface area (Å²) in [7, 11) is 0. The Bertz CT molecular complexity index is 449. The third-order valence-electron chi connectivity index (χ3n) is 3.39. The van der Waals surface area contributed by atoms with Crippen molar-refractivity contribution in [3.8, 4) is 6.07 Å². The van der Waals surface area contributed by atoms with Gasteiger partial charge in [0.1, 0.15) is 0 Å². The van der Waals surface area contributed by atoms with Crippen molar-refractivity contribution < 1.29 is 0 Å². The normalized spacial score (nSPS) is 12.9. The number of nitrogens with one attached hydrogen (secondary N) is 1. The molecule has 0 aliphatic heterocycles. The molecule has 0 fully saturated rings. The number of rotatable bonds is 8. The molecule has 110 valence electrons. The standard InChI is InChI=1S/C17H26N2S/c1-5-19-14(2)15-8-6-9-16(12-15)20-11-7-10-17(3,4)13-18/h6,8-9,12,14,19H,5,7,10-11H2,1-4H3. The predicted molar refractivity (Wildman–Crippen MR) is 87.9 cm³/mol. The summed E-state index contributed by atoms with van der Waals surface area (Å²) in [6.07, 6.45) is 2.04. The van der Waals surface area contributed by atoms with Crippen molar-refractivity contribution in [1.29, 1.82) is 5.26 Å². The Morgan fingerprint density at radius 1 is 1.40 bits per heavy atom. The Labute approximate surface area is 128 Å². The van der Waals surface area contributed by atoms with Gasteiger partial charge in [0, 0.05) is 10.9 Å². The van der Waals surface area contributed by atoms with E-state index in [0.29, 0.717) is 6.04 Å². The highest BCUT2D eigenvalue weighted by atomic mass is 32.2. The maximum Gasteiger partial charge on any atom is 0.0683 e. The van der Waals surface area contributed by atoms with Crippen LogP contribution >= 0.6 is 11.8 Å². The molecule has 3 heteroatoms. The molecule has 1 rings (SSSR count). The molecule has 0 saturated carbocycles. The van der Waals surface area contributed by atoms with Crippen molar-refractivity contribution in [1.82, 2.24) is 5.32 Å². The van der Waals surface area contributed by atoms with Crippen molar-refractivity contribution in [2.45, 2.75) is 51.5 Å². The molecular formula is C17H26N2S. The molecule has 0 aromatic heterocycles. The van der Waals surface area contributed by atoms with Gasteiger partial charge in [-0.3, -0.25) is 0 Å². The maximum atomic E-state index is 8.99. The Balaban J connectivity index is 2.45. The van der Waals surface area contributed by atoms with Crippen LogP contribution < -0.4 is 5.32 Å². The average molecular weight is 290 g/mol. The lowest BCUT2D eigenvalue weighted by Crippen LogP contribution is -2.17. The van der Waals surface area contributed by atoms with Gasteiger partial charge in [0.25, 0.3) is 0 Å². The van der Waals surface area contributed by atoms with E-state index >= 15 is 0 Å². The molecule has 20 heavy (non-hydrogen) atoms. The molecule has 0 bridgehead atoms. The summed E-state index contributed by atoms with van der Waals surface area (Å²) in [5.41, 5.74) is 1.15. The van der Waals surface area contributed by atoms with E-state index < -0.39 is 0 Å². The third kappa shape index (κ3) is 5.98. The van der Waals surface area contributed by atoms with E-state index in [1.807, 2.05) is 25.6 Å². The highest BCUT2D eigenvalue weighted by Crippen LogP contribution is 2.26. The molecule has 1 aromatic rings. The molecule has 0 radical (unpaired) electrons. The van der Waals surface area contributed by atoms with Gasteiger partial charge in [0.05, 0.1) is 11.5 Å². The number of nitrogens with zero attached hydrogens (tertiary/aromatic N) is 1. The zero-order valence-electron chi connectivity index (χ0n) is 13.1. The lowest BCUT2D eigenvalue weighted by atomic mass is 9.90. The summed E-state index contributed by atoms with van der Waals surface area (Å²) in [5.74, 6) is 1.07. The van der Waals surface area contributed by atoms with Crippen molar-refractivity contribution in [2.24, 2.45) is 5.41 Å². The number of hydrogen-bond acceptors (Lipinski definition) is 3. The summed E-state index contributed by atoms with van der Waals surface area (Å²) >= 11 is 1.88. The minimum Gasteiger partial charge on any atom is -0.310 e. The fourth-order valence-electron chi connectivity index (χ4n) is 2.06. The Kier molecular flexibility index (Phi) is 7.12. The first-order valence-electron chi connectivity index (χ1n) is 7.36. The zero-order valence-corrected chi connectivity index (χ0v) is 13.9. The maximum absolute atomic E-state index is 8.99. The fourth-order valence-corrected chi connectivity index (χ4v) is 2.98. The van der Waals surface area contributed by atoms with Crippen molar-refractivity contribution in [3.05, 3.63) is 29.8 Å². The van der Waals surface area contributed by atoms with Gasteiger partial charge in [-0.1, -0.05) is 19.1 Å². The molecular weight excluding hydrogens is 264 g/mol. The van der Waals surface area contributed by atoms with Crippen LogP contribution in [0.5, 0.6) is 0 Å². The number of nitriles is 1. The van der Waals surface area contributed by atoms with Gasteiger partial charge in [-0.2, -0.15) is 5.26 Å². The summed E-state index contributed by atoms with van der Waals surface area (Å²) in [6, 6.07) is 11.5. The number of hydrogen-bond donors (Lipinski definition) is 1. The van der Waals surface area contributed by atoms with E-state index in [2.05, 4.69) is 49.5 Å². The van der Waals surface area contributed by atoms with E-state index in [4.69, 9.17) is 5.26 Å². The van der Waals surface area contributed by atoms with Crippen LogP contribution in [0.2, 0.25) is 0 Å². The van der Waals surface area contributed by atoms with Gasteiger partial charge in [0.2, 0.25) is 0 Å². The van der Waals surface area contributed by atoms with Crippen LogP contribution in [-0.4, -0.2) is 12.3 Å². The monoisotopic (exact) mass is 290 g/mol. The Morgan fingerprint density at radius 2 is 2.15 bits per heavy atom. The van der Waals surface area contributed by atoms with Crippen LogP contribution in [0.4, 0.5) is 0 Å². The summed E-state index contributed by atoms with van der Waals surface area (Å²) in [4.78, 5) is 1.32. The first-order valence-corrected chi connectivity index (χ1v) is 8.34. The van der Waals surface area contributed by atoms with Crippen LogP contribution in [0.1, 0.15) is 52.1 Å². The molecule has 1 unspecified atom stereocenters. The first kappa shape index (κ1) is 17.1. The predicted octanol–water partition coefficient (Wildman–Crippen LogP) is 4.78. The van der Waals surface area contributed by atoms with E-state index in [-0.39, 0.29) is 5.41 Å². The fraction of sp³-hybridized carbons (Fsp3) is 0.588. The van der Waals surface area contributed by atoms with Crippen LogP contribution in [0, 0.1) is 16.7 Å². The SMILES string of the molecule is CCNC(C)c1cccc(SCCCC(C)(C)C#N)c1. The van der Waals surface area contributed by atoms with Gasteiger partial charge < -0.3 is 5.32 Å². The quantitative estimate of drug-likeness (QED) is 0.553. The largest absolute Gasteiger partial charge is 0.310 e. The van der Waals surface area contributed by atoms with Crippen LogP contribution in [-0.2, 0) is 0 Å². The van der Waals surface area contributed by atoms with Crippen molar-refractivity contribution >= 4 is 11.8 Å². The number of thioether (sulfide) groups is 1. The van der Waals surface area contributed by atoms with E-state index in [1.165, 1.54) is 10.5 Å². The molecule has 0 saturated heterocycles. The van der Waals surface area contributed by atoms with E-state index in [1.54, 1.807) is 0 Å². The second-order valence-corrected chi connectivity index (χ2v) is 6.97. The Morgan fingerprint density at radius 3 is 2.80 bits per heavy atom. The zero-order chi connectivity index (χ0) is 15.0.